The van der Waals surface area contributed by atoms with Gasteiger partial charge in [-0.2, -0.15) is 0 Å². The topological polar surface area (TPSA) is 66.9 Å². The van der Waals surface area contributed by atoms with Crippen molar-refractivity contribution in [1.82, 2.24) is 15.5 Å². The summed E-state index contributed by atoms with van der Waals surface area (Å²) in [6.45, 7) is 6.42. The highest BCUT2D eigenvalue weighted by atomic mass is 32.2. The minimum absolute atomic E-state index is 0.0904. The Labute approximate surface area is 163 Å². The summed E-state index contributed by atoms with van der Waals surface area (Å²) in [5.41, 5.74) is 3.51. The van der Waals surface area contributed by atoms with Crippen LogP contribution in [0.3, 0.4) is 0 Å². The second-order valence-corrected chi connectivity index (χ2v) is 9.22. The Morgan fingerprint density at radius 3 is 2.81 bits per heavy atom. The number of hydrogen-bond donors (Lipinski definition) is 2. The molecule has 0 radical (unpaired) electrons. The van der Waals surface area contributed by atoms with Gasteiger partial charge in [-0.1, -0.05) is 48.9 Å². The molecule has 2 atom stereocenters. The molecule has 0 aliphatic heterocycles. The monoisotopic (exact) mass is 390 g/mol. The Morgan fingerprint density at radius 1 is 1.23 bits per heavy atom. The van der Waals surface area contributed by atoms with Gasteiger partial charge in [0.1, 0.15) is 0 Å². The van der Waals surface area contributed by atoms with Gasteiger partial charge in [-0.25, -0.2) is 0 Å². The predicted octanol–water partition coefficient (Wildman–Crippen LogP) is 4.69. The lowest BCUT2D eigenvalue weighted by Gasteiger charge is -2.29. The number of hydrogen-bond acceptors (Lipinski definition) is 6. The summed E-state index contributed by atoms with van der Waals surface area (Å²) in [6.07, 6.45) is 4.80. The molecule has 1 aliphatic rings. The van der Waals surface area contributed by atoms with Crippen molar-refractivity contribution in [2.24, 2.45) is 5.92 Å². The maximum atomic E-state index is 12.2. The molecule has 1 saturated carbocycles. The molecule has 0 unspecified atom stereocenters. The van der Waals surface area contributed by atoms with E-state index in [0.717, 1.165) is 21.6 Å². The Balaban J connectivity index is 1.48. The van der Waals surface area contributed by atoms with E-state index in [9.17, 15) is 4.79 Å². The zero-order valence-corrected chi connectivity index (χ0v) is 17.2. The lowest BCUT2D eigenvalue weighted by atomic mass is 9.86. The number of aromatic nitrogens is 2. The van der Waals surface area contributed by atoms with Crippen molar-refractivity contribution in [3.63, 3.8) is 0 Å². The number of rotatable bonds is 6. The Bertz CT molecular complexity index is 762. The molecule has 7 heteroatoms. The van der Waals surface area contributed by atoms with E-state index < -0.39 is 0 Å². The summed E-state index contributed by atoms with van der Waals surface area (Å²) in [5.74, 6) is 1.06. The van der Waals surface area contributed by atoms with E-state index in [-0.39, 0.29) is 5.91 Å². The molecular weight excluding hydrogens is 364 g/mol. The number of amides is 1. The van der Waals surface area contributed by atoms with E-state index in [1.54, 1.807) is 0 Å². The molecule has 1 aromatic carbocycles. The number of thioether (sulfide) groups is 1. The summed E-state index contributed by atoms with van der Waals surface area (Å²) in [5, 5.41) is 15.6. The normalized spacial score (nSPS) is 20.0. The van der Waals surface area contributed by atoms with Crippen molar-refractivity contribution >= 4 is 39.8 Å². The largest absolute Gasteiger partial charge is 0.352 e. The number of carbonyl (C=O) groups excluding carboxylic acids is 1. The van der Waals surface area contributed by atoms with Crippen LogP contribution < -0.4 is 10.6 Å². The van der Waals surface area contributed by atoms with Gasteiger partial charge in [0.05, 0.1) is 5.75 Å². The summed E-state index contributed by atoms with van der Waals surface area (Å²) in [6, 6.07) is 6.55. The third-order valence-corrected chi connectivity index (χ3v) is 6.92. The first-order valence-corrected chi connectivity index (χ1v) is 10.9. The van der Waals surface area contributed by atoms with Gasteiger partial charge in [-0.3, -0.25) is 4.79 Å². The average Bonchev–Trinajstić information content (AvgIpc) is 3.06. The lowest BCUT2D eigenvalue weighted by Crippen LogP contribution is -2.41. The second-order valence-electron chi connectivity index (χ2n) is 7.02. The first kappa shape index (κ1) is 19.2. The standard InChI is InChI=1S/C19H26N4OS2/c1-12-8-9-15(10-14(12)3)20-18-22-23-19(26-18)25-11-17(24)21-16-7-5-4-6-13(16)2/h8-10,13,16H,4-7,11H2,1-3H3,(H,20,22)(H,21,24)/t13-,16+/m1/s1. The zero-order chi connectivity index (χ0) is 18.5. The number of aryl methyl sites for hydroxylation is 2. The molecule has 3 rings (SSSR count). The third kappa shape index (κ3) is 5.20. The molecule has 1 aliphatic carbocycles. The van der Waals surface area contributed by atoms with Crippen molar-refractivity contribution in [3.8, 4) is 0 Å². The average molecular weight is 391 g/mol. The Morgan fingerprint density at radius 2 is 2.04 bits per heavy atom. The van der Waals surface area contributed by atoms with E-state index in [4.69, 9.17) is 0 Å². The molecule has 26 heavy (non-hydrogen) atoms. The van der Waals surface area contributed by atoms with E-state index >= 15 is 0 Å². The van der Waals surface area contributed by atoms with Crippen LogP contribution in [0, 0.1) is 19.8 Å². The molecule has 5 nitrogen and oxygen atoms in total. The molecule has 0 saturated heterocycles. The van der Waals surface area contributed by atoms with Gasteiger partial charge in [-0.05, 0) is 55.9 Å². The fraction of sp³-hybridized carbons (Fsp3) is 0.526. The number of benzene rings is 1. The fourth-order valence-corrected chi connectivity index (χ4v) is 4.75. The van der Waals surface area contributed by atoms with E-state index in [2.05, 4.69) is 53.7 Å². The summed E-state index contributed by atoms with van der Waals surface area (Å²) in [4.78, 5) is 12.2. The minimum atomic E-state index is 0.0904. The Kier molecular flexibility index (Phi) is 6.53. The van der Waals surface area contributed by atoms with Gasteiger partial charge in [0.2, 0.25) is 11.0 Å². The number of anilines is 2. The van der Waals surface area contributed by atoms with Gasteiger partial charge < -0.3 is 10.6 Å². The molecule has 1 aromatic heterocycles. The number of nitrogens with zero attached hydrogens (tertiary/aromatic N) is 2. The van der Waals surface area contributed by atoms with Crippen LogP contribution in [0.1, 0.15) is 43.7 Å². The van der Waals surface area contributed by atoms with Gasteiger partial charge in [0.15, 0.2) is 4.34 Å². The molecule has 2 aromatic rings. The van der Waals surface area contributed by atoms with Gasteiger partial charge in [0.25, 0.3) is 0 Å². The first-order valence-electron chi connectivity index (χ1n) is 9.11. The van der Waals surface area contributed by atoms with Crippen molar-refractivity contribution in [2.75, 3.05) is 11.1 Å². The van der Waals surface area contributed by atoms with Crippen LogP contribution in [0.25, 0.3) is 0 Å². The molecule has 0 bridgehead atoms. The quantitative estimate of drug-likeness (QED) is 0.701. The lowest BCUT2D eigenvalue weighted by molar-refractivity contribution is -0.119. The van der Waals surface area contributed by atoms with Crippen molar-refractivity contribution < 1.29 is 4.79 Å². The van der Waals surface area contributed by atoms with Crippen LogP contribution >= 0.6 is 23.1 Å². The van der Waals surface area contributed by atoms with Crippen LogP contribution in [0.15, 0.2) is 22.5 Å². The molecule has 140 valence electrons. The fourth-order valence-electron chi connectivity index (χ4n) is 3.17. The smallest absolute Gasteiger partial charge is 0.230 e. The van der Waals surface area contributed by atoms with Crippen LogP contribution in [-0.4, -0.2) is 27.9 Å². The maximum absolute atomic E-state index is 12.2. The highest BCUT2D eigenvalue weighted by Crippen LogP contribution is 2.28. The highest BCUT2D eigenvalue weighted by molar-refractivity contribution is 8.01. The SMILES string of the molecule is Cc1ccc(Nc2nnc(SCC(=O)N[C@H]3CCCC[C@H]3C)s2)cc1C. The second kappa shape index (κ2) is 8.86. The van der Waals surface area contributed by atoms with Crippen LogP contribution in [0.5, 0.6) is 0 Å². The highest BCUT2D eigenvalue weighted by Gasteiger charge is 2.22. The van der Waals surface area contributed by atoms with Gasteiger partial charge in [-0.15, -0.1) is 10.2 Å². The molecule has 2 N–H and O–H groups in total. The molecule has 1 heterocycles. The van der Waals surface area contributed by atoms with Gasteiger partial charge >= 0.3 is 0 Å². The molecular formula is C19H26N4OS2. The summed E-state index contributed by atoms with van der Waals surface area (Å²) in [7, 11) is 0. The zero-order valence-electron chi connectivity index (χ0n) is 15.5. The van der Waals surface area contributed by atoms with Crippen molar-refractivity contribution in [3.05, 3.63) is 29.3 Å². The minimum Gasteiger partial charge on any atom is -0.352 e. The van der Waals surface area contributed by atoms with Crippen molar-refractivity contribution in [2.45, 2.75) is 56.8 Å². The predicted molar refractivity (Wildman–Crippen MR) is 109 cm³/mol. The summed E-state index contributed by atoms with van der Waals surface area (Å²) >= 11 is 2.92. The van der Waals surface area contributed by atoms with E-state index in [0.29, 0.717) is 17.7 Å². The van der Waals surface area contributed by atoms with Gasteiger partial charge in [0, 0.05) is 11.7 Å². The van der Waals surface area contributed by atoms with Crippen molar-refractivity contribution in [1.29, 1.82) is 0 Å². The Hall–Kier alpha value is -1.60. The molecule has 1 fully saturated rings. The van der Waals surface area contributed by atoms with E-state index in [1.165, 1.54) is 53.5 Å². The van der Waals surface area contributed by atoms with Crippen LogP contribution in [0.2, 0.25) is 0 Å². The van der Waals surface area contributed by atoms with Crippen LogP contribution in [-0.2, 0) is 4.79 Å². The molecule has 1 amide bonds. The van der Waals surface area contributed by atoms with Crippen LogP contribution in [0.4, 0.5) is 10.8 Å². The maximum Gasteiger partial charge on any atom is 0.230 e. The molecule has 0 spiro atoms. The van der Waals surface area contributed by atoms with E-state index in [1.807, 2.05) is 6.07 Å². The third-order valence-electron chi connectivity index (χ3n) is 4.95. The summed E-state index contributed by atoms with van der Waals surface area (Å²) < 4.78 is 0.808. The number of carbonyl (C=O) groups is 1. The number of nitrogens with one attached hydrogen (secondary N) is 2. The first-order chi connectivity index (χ1) is 12.5.